The molecule has 6 heteroatoms. The Morgan fingerprint density at radius 3 is 2.74 bits per heavy atom. The Bertz CT molecular complexity index is 553. The Morgan fingerprint density at radius 2 is 2.16 bits per heavy atom. The van der Waals surface area contributed by atoms with Gasteiger partial charge in [-0.25, -0.2) is 8.78 Å². The molecule has 1 aromatic carbocycles. The highest BCUT2D eigenvalue weighted by Crippen LogP contribution is 2.24. The van der Waals surface area contributed by atoms with Gasteiger partial charge in [0.05, 0.1) is 17.9 Å². The number of aromatic nitrogens is 3. The van der Waals surface area contributed by atoms with Crippen LogP contribution in [0, 0.1) is 11.6 Å². The maximum absolute atomic E-state index is 13.9. The van der Waals surface area contributed by atoms with Crippen LogP contribution in [0.4, 0.5) is 8.78 Å². The van der Waals surface area contributed by atoms with Gasteiger partial charge < -0.3 is 5.32 Å². The lowest BCUT2D eigenvalue weighted by atomic mass is 10.0. The molecule has 1 unspecified atom stereocenters. The molecule has 19 heavy (non-hydrogen) atoms. The summed E-state index contributed by atoms with van der Waals surface area (Å²) in [7, 11) is 1.74. The number of aryl methyl sites for hydroxylation is 1. The highest BCUT2D eigenvalue weighted by Gasteiger charge is 2.21. The van der Waals surface area contributed by atoms with Crippen LogP contribution in [0.2, 0.25) is 0 Å². The first-order valence-corrected chi connectivity index (χ1v) is 6.16. The SMILES string of the molecule is CCCNC(c1ccc(F)cc1F)c1cnnn1C. The third-order valence-electron chi connectivity index (χ3n) is 2.92. The van der Waals surface area contributed by atoms with Gasteiger partial charge in [-0.1, -0.05) is 18.2 Å². The summed E-state index contributed by atoms with van der Waals surface area (Å²) in [6, 6.07) is 3.20. The lowest BCUT2D eigenvalue weighted by Crippen LogP contribution is -2.26. The van der Waals surface area contributed by atoms with Crippen molar-refractivity contribution in [2.75, 3.05) is 6.54 Å². The van der Waals surface area contributed by atoms with Crippen LogP contribution in [0.5, 0.6) is 0 Å². The van der Waals surface area contributed by atoms with Gasteiger partial charge in [-0.3, -0.25) is 4.68 Å². The van der Waals surface area contributed by atoms with Crippen LogP contribution in [0.15, 0.2) is 24.4 Å². The zero-order valence-corrected chi connectivity index (χ0v) is 10.9. The summed E-state index contributed by atoms with van der Waals surface area (Å²) in [6.07, 6.45) is 2.49. The molecule has 2 aromatic rings. The number of hydrogen-bond donors (Lipinski definition) is 1. The van der Waals surface area contributed by atoms with Gasteiger partial charge in [0.1, 0.15) is 11.6 Å². The Morgan fingerprint density at radius 1 is 1.37 bits per heavy atom. The standard InChI is InChI=1S/C13H16F2N4/c1-3-6-16-13(12-8-17-18-19(12)2)10-5-4-9(14)7-11(10)15/h4-5,7-8,13,16H,3,6H2,1-2H3. The van der Waals surface area contributed by atoms with E-state index in [1.165, 1.54) is 12.1 Å². The average Bonchev–Trinajstić information content (AvgIpc) is 2.78. The van der Waals surface area contributed by atoms with E-state index in [4.69, 9.17) is 0 Å². The normalized spacial score (nSPS) is 12.6. The van der Waals surface area contributed by atoms with Crippen molar-refractivity contribution < 1.29 is 8.78 Å². The summed E-state index contributed by atoms with van der Waals surface area (Å²) in [5.74, 6) is -1.16. The lowest BCUT2D eigenvalue weighted by molar-refractivity contribution is 0.511. The van der Waals surface area contributed by atoms with Crippen LogP contribution in [-0.4, -0.2) is 21.5 Å². The molecule has 0 spiro atoms. The van der Waals surface area contributed by atoms with E-state index in [-0.39, 0.29) is 6.04 Å². The zero-order valence-electron chi connectivity index (χ0n) is 10.9. The van der Waals surface area contributed by atoms with Crippen molar-refractivity contribution in [2.45, 2.75) is 19.4 Å². The molecule has 1 heterocycles. The molecule has 0 bridgehead atoms. The van der Waals surface area contributed by atoms with Crippen LogP contribution in [-0.2, 0) is 7.05 Å². The molecule has 1 atom stereocenters. The molecule has 0 fully saturated rings. The first-order chi connectivity index (χ1) is 9.13. The zero-order chi connectivity index (χ0) is 13.8. The van der Waals surface area contributed by atoms with E-state index in [0.29, 0.717) is 12.1 Å². The highest BCUT2D eigenvalue weighted by atomic mass is 19.1. The molecule has 0 aliphatic rings. The van der Waals surface area contributed by atoms with E-state index >= 15 is 0 Å². The Hall–Kier alpha value is -1.82. The van der Waals surface area contributed by atoms with Gasteiger partial charge in [0.2, 0.25) is 0 Å². The fourth-order valence-corrected chi connectivity index (χ4v) is 1.96. The van der Waals surface area contributed by atoms with Crippen molar-refractivity contribution in [1.29, 1.82) is 0 Å². The van der Waals surface area contributed by atoms with Gasteiger partial charge in [0.15, 0.2) is 0 Å². The van der Waals surface area contributed by atoms with Gasteiger partial charge >= 0.3 is 0 Å². The summed E-state index contributed by atoms with van der Waals surface area (Å²) in [5.41, 5.74) is 1.12. The van der Waals surface area contributed by atoms with Crippen LogP contribution in [0.25, 0.3) is 0 Å². The smallest absolute Gasteiger partial charge is 0.131 e. The maximum Gasteiger partial charge on any atom is 0.131 e. The summed E-state index contributed by atoms with van der Waals surface area (Å²) in [6.45, 7) is 2.74. The van der Waals surface area contributed by atoms with Gasteiger partial charge in [0, 0.05) is 18.7 Å². The van der Waals surface area contributed by atoms with E-state index in [0.717, 1.165) is 18.2 Å². The number of nitrogens with zero attached hydrogens (tertiary/aromatic N) is 3. The maximum atomic E-state index is 13.9. The van der Waals surface area contributed by atoms with E-state index < -0.39 is 11.6 Å². The molecule has 0 aliphatic heterocycles. The van der Waals surface area contributed by atoms with Crippen LogP contribution in [0.1, 0.15) is 30.6 Å². The van der Waals surface area contributed by atoms with E-state index in [1.54, 1.807) is 17.9 Å². The number of rotatable bonds is 5. The molecule has 0 radical (unpaired) electrons. The fourth-order valence-electron chi connectivity index (χ4n) is 1.96. The molecule has 1 aromatic heterocycles. The second kappa shape index (κ2) is 5.88. The predicted molar refractivity (Wildman–Crippen MR) is 67.5 cm³/mol. The number of hydrogen-bond acceptors (Lipinski definition) is 3. The van der Waals surface area contributed by atoms with Gasteiger partial charge in [-0.15, -0.1) is 5.10 Å². The number of halogens is 2. The summed E-state index contributed by atoms with van der Waals surface area (Å²) >= 11 is 0. The molecule has 0 saturated heterocycles. The Labute approximate surface area is 110 Å². The van der Waals surface area contributed by atoms with Crippen molar-refractivity contribution in [3.63, 3.8) is 0 Å². The third-order valence-corrected chi connectivity index (χ3v) is 2.92. The van der Waals surface area contributed by atoms with Crippen LogP contribution >= 0.6 is 0 Å². The molecular formula is C13H16F2N4. The molecule has 102 valence electrons. The van der Waals surface area contributed by atoms with Crippen molar-refractivity contribution in [3.05, 3.63) is 47.3 Å². The molecule has 0 amide bonds. The quantitative estimate of drug-likeness (QED) is 0.902. The summed E-state index contributed by atoms with van der Waals surface area (Å²) < 4.78 is 28.5. The van der Waals surface area contributed by atoms with Crippen LogP contribution < -0.4 is 5.32 Å². The summed E-state index contributed by atoms with van der Waals surface area (Å²) in [5, 5.41) is 10.9. The molecular weight excluding hydrogens is 250 g/mol. The van der Waals surface area contributed by atoms with Gasteiger partial charge in [-0.05, 0) is 19.0 Å². The molecule has 0 saturated carbocycles. The van der Waals surface area contributed by atoms with Crippen LogP contribution in [0.3, 0.4) is 0 Å². The second-order valence-electron chi connectivity index (χ2n) is 4.34. The van der Waals surface area contributed by atoms with Crippen molar-refractivity contribution in [3.8, 4) is 0 Å². The highest BCUT2D eigenvalue weighted by molar-refractivity contribution is 5.28. The number of benzene rings is 1. The minimum atomic E-state index is -0.585. The number of nitrogens with one attached hydrogen (secondary N) is 1. The minimum Gasteiger partial charge on any atom is -0.305 e. The lowest BCUT2D eigenvalue weighted by Gasteiger charge is -2.19. The molecule has 0 aliphatic carbocycles. The van der Waals surface area contributed by atoms with Crippen molar-refractivity contribution in [2.24, 2.45) is 7.05 Å². The Balaban J connectivity index is 2.40. The first-order valence-electron chi connectivity index (χ1n) is 6.16. The molecule has 4 nitrogen and oxygen atoms in total. The third kappa shape index (κ3) is 2.96. The van der Waals surface area contributed by atoms with E-state index in [9.17, 15) is 8.78 Å². The molecule has 1 N–H and O–H groups in total. The van der Waals surface area contributed by atoms with Crippen molar-refractivity contribution >= 4 is 0 Å². The average molecular weight is 266 g/mol. The largest absolute Gasteiger partial charge is 0.305 e. The second-order valence-corrected chi connectivity index (χ2v) is 4.34. The summed E-state index contributed by atoms with van der Waals surface area (Å²) in [4.78, 5) is 0. The predicted octanol–water partition coefficient (Wildman–Crippen LogP) is 2.18. The molecule has 2 rings (SSSR count). The Kier molecular flexibility index (Phi) is 4.21. The first kappa shape index (κ1) is 13.6. The van der Waals surface area contributed by atoms with Crippen molar-refractivity contribution in [1.82, 2.24) is 20.3 Å². The van der Waals surface area contributed by atoms with Gasteiger partial charge in [0.25, 0.3) is 0 Å². The topological polar surface area (TPSA) is 42.7 Å². The van der Waals surface area contributed by atoms with E-state index in [1.807, 2.05) is 6.92 Å². The minimum absolute atomic E-state index is 0.388. The van der Waals surface area contributed by atoms with E-state index in [2.05, 4.69) is 15.6 Å². The van der Waals surface area contributed by atoms with Gasteiger partial charge in [-0.2, -0.15) is 0 Å². The fraction of sp³-hybridized carbons (Fsp3) is 0.385. The monoisotopic (exact) mass is 266 g/mol.